The molecule has 0 fully saturated rings. The molecule has 0 bridgehead atoms. The average Bonchev–Trinajstić information content (AvgIpc) is 3.65. The molecule has 1 aromatic heterocycles. The summed E-state index contributed by atoms with van der Waals surface area (Å²) in [6, 6.07) is 57.8. The summed E-state index contributed by atoms with van der Waals surface area (Å²) in [7, 11) is 0. The molecule has 2 nitrogen and oxygen atoms in total. The van der Waals surface area contributed by atoms with E-state index in [1.807, 2.05) is 12.3 Å². The minimum absolute atomic E-state index is 0.479. The van der Waals surface area contributed by atoms with Crippen molar-refractivity contribution < 1.29 is 0 Å². The molecule has 226 valence electrons. The van der Waals surface area contributed by atoms with Crippen molar-refractivity contribution in [2.24, 2.45) is 0 Å². The number of rotatable bonds is 3. The van der Waals surface area contributed by atoms with Crippen LogP contribution in [0.3, 0.4) is 0 Å². The Morgan fingerprint density at radius 1 is 0.408 bits per heavy atom. The van der Waals surface area contributed by atoms with Crippen molar-refractivity contribution in [3.05, 3.63) is 204 Å². The van der Waals surface area contributed by atoms with E-state index >= 15 is 0 Å². The fourth-order valence-corrected chi connectivity index (χ4v) is 8.56. The summed E-state index contributed by atoms with van der Waals surface area (Å²) < 4.78 is 0. The third-order valence-electron chi connectivity index (χ3n) is 10.6. The monoisotopic (exact) mass is 620 g/mol. The van der Waals surface area contributed by atoms with E-state index in [1.165, 1.54) is 66.4 Å². The molecule has 2 heteroatoms. The number of pyridine rings is 1. The van der Waals surface area contributed by atoms with E-state index in [4.69, 9.17) is 6.57 Å². The Balaban J connectivity index is 1.29. The van der Waals surface area contributed by atoms with E-state index < -0.39 is 5.41 Å². The molecule has 7 aromatic carbocycles. The number of fused-ring (bicyclic) bond motifs is 12. The van der Waals surface area contributed by atoms with Crippen LogP contribution in [0.2, 0.25) is 0 Å². The zero-order chi connectivity index (χ0) is 32.5. The molecule has 0 unspecified atom stereocenters. The largest absolute Gasteiger partial charge is 0.276 e. The van der Waals surface area contributed by atoms with Crippen molar-refractivity contribution in [3.8, 4) is 55.6 Å². The van der Waals surface area contributed by atoms with E-state index in [0.29, 0.717) is 5.69 Å². The molecule has 2 aliphatic carbocycles. The predicted octanol–water partition coefficient (Wildman–Crippen LogP) is 12.1. The van der Waals surface area contributed by atoms with Crippen LogP contribution < -0.4 is 0 Å². The molecule has 0 atom stereocenters. The van der Waals surface area contributed by atoms with Crippen LogP contribution in [-0.2, 0) is 5.41 Å². The summed E-state index contributed by atoms with van der Waals surface area (Å²) in [4.78, 5) is 7.94. The van der Waals surface area contributed by atoms with Gasteiger partial charge in [-0.15, -0.1) is 0 Å². The Labute approximate surface area is 285 Å². The lowest BCUT2D eigenvalue weighted by Gasteiger charge is -2.31. The standard InChI is InChI=1S/C47H28N2/c1-48-35-25-34(28-49-29-35)32-15-11-14-31(24-32)33-22-23-40-44(26-33)47(42-20-9-7-17-37(42)38-18-8-10-21-43(38)47)45-27-41(30-12-3-2-4-13-30)36-16-5-6-19-39(36)46(40)45/h2-29H. The SMILES string of the molecule is [C-]#[N+]c1cncc(-c2cccc(-c3ccc4c(c3)C3(c5ccccc5-c5ccccc53)c3cc(-c5ccccc5)c5ccccc5c3-4)c2)c1. The van der Waals surface area contributed by atoms with Crippen LogP contribution in [0.1, 0.15) is 22.3 Å². The smallest absolute Gasteiger partial charge is 0.205 e. The molecule has 0 radical (unpaired) electrons. The minimum Gasteiger partial charge on any atom is -0.276 e. The zero-order valence-electron chi connectivity index (χ0n) is 26.6. The van der Waals surface area contributed by atoms with Gasteiger partial charge in [-0.1, -0.05) is 133 Å². The van der Waals surface area contributed by atoms with E-state index in [0.717, 1.165) is 22.3 Å². The molecule has 0 aliphatic heterocycles. The molecule has 2 aliphatic rings. The molecule has 0 N–H and O–H groups in total. The van der Waals surface area contributed by atoms with Gasteiger partial charge in [-0.05, 0) is 113 Å². The van der Waals surface area contributed by atoms with Crippen LogP contribution in [0.15, 0.2) is 170 Å². The first kappa shape index (κ1) is 27.5. The van der Waals surface area contributed by atoms with Gasteiger partial charge in [-0.25, -0.2) is 4.85 Å². The summed E-state index contributed by atoms with van der Waals surface area (Å²) in [6.07, 6.45) is 3.45. The maximum Gasteiger partial charge on any atom is 0.205 e. The Morgan fingerprint density at radius 3 is 1.80 bits per heavy atom. The van der Waals surface area contributed by atoms with Crippen molar-refractivity contribution in [1.82, 2.24) is 4.98 Å². The van der Waals surface area contributed by atoms with E-state index in [-0.39, 0.29) is 0 Å². The highest BCUT2D eigenvalue weighted by molar-refractivity contribution is 6.11. The van der Waals surface area contributed by atoms with Crippen molar-refractivity contribution in [2.75, 3.05) is 0 Å². The third-order valence-corrected chi connectivity index (χ3v) is 10.6. The zero-order valence-corrected chi connectivity index (χ0v) is 26.6. The van der Waals surface area contributed by atoms with Crippen LogP contribution in [0.5, 0.6) is 0 Å². The lowest BCUT2D eigenvalue weighted by Crippen LogP contribution is -2.26. The van der Waals surface area contributed by atoms with E-state index in [9.17, 15) is 0 Å². The van der Waals surface area contributed by atoms with Gasteiger partial charge in [0.1, 0.15) is 0 Å². The first-order valence-electron chi connectivity index (χ1n) is 16.6. The molecule has 0 saturated heterocycles. The summed E-state index contributed by atoms with van der Waals surface area (Å²) in [5.74, 6) is 0. The van der Waals surface area contributed by atoms with Gasteiger partial charge in [-0.2, -0.15) is 0 Å². The van der Waals surface area contributed by atoms with Gasteiger partial charge in [0.05, 0.1) is 12.0 Å². The topological polar surface area (TPSA) is 17.2 Å². The normalized spacial score (nSPS) is 13.0. The van der Waals surface area contributed by atoms with Crippen LogP contribution in [0, 0.1) is 6.57 Å². The summed E-state index contributed by atoms with van der Waals surface area (Å²) in [5.41, 5.74) is 17.3. The molecule has 49 heavy (non-hydrogen) atoms. The second-order valence-corrected chi connectivity index (χ2v) is 13.0. The lowest BCUT2D eigenvalue weighted by atomic mass is 9.69. The Morgan fingerprint density at radius 2 is 1.04 bits per heavy atom. The minimum atomic E-state index is -0.479. The van der Waals surface area contributed by atoms with Gasteiger partial charge in [0, 0.05) is 12.4 Å². The third kappa shape index (κ3) is 3.85. The fraction of sp³-hybridized carbons (Fsp3) is 0.0213. The van der Waals surface area contributed by atoms with Crippen molar-refractivity contribution in [2.45, 2.75) is 5.41 Å². The van der Waals surface area contributed by atoms with Gasteiger partial charge >= 0.3 is 0 Å². The molecule has 10 rings (SSSR count). The van der Waals surface area contributed by atoms with E-state index in [1.54, 1.807) is 6.20 Å². The maximum absolute atomic E-state index is 7.49. The molecular weight excluding hydrogens is 593 g/mol. The Hall–Kier alpha value is -6.56. The fourth-order valence-electron chi connectivity index (χ4n) is 8.56. The van der Waals surface area contributed by atoms with Gasteiger partial charge in [0.25, 0.3) is 0 Å². The number of hydrogen-bond donors (Lipinski definition) is 0. The van der Waals surface area contributed by atoms with Crippen molar-refractivity contribution >= 4 is 16.5 Å². The maximum atomic E-state index is 7.49. The quantitative estimate of drug-likeness (QED) is 0.180. The summed E-state index contributed by atoms with van der Waals surface area (Å²) in [6.45, 7) is 7.49. The second-order valence-electron chi connectivity index (χ2n) is 13.0. The van der Waals surface area contributed by atoms with Crippen LogP contribution in [-0.4, -0.2) is 4.98 Å². The van der Waals surface area contributed by atoms with Crippen molar-refractivity contribution in [1.29, 1.82) is 0 Å². The first-order valence-corrected chi connectivity index (χ1v) is 16.6. The van der Waals surface area contributed by atoms with Crippen LogP contribution in [0.4, 0.5) is 5.69 Å². The molecule has 1 spiro atoms. The predicted molar refractivity (Wildman–Crippen MR) is 201 cm³/mol. The molecule has 8 aromatic rings. The molecule has 0 amide bonds. The molecular formula is C47H28N2. The van der Waals surface area contributed by atoms with Crippen molar-refractivity contribution in [3.63, 3.8) is 0 Å². The van der Waals surface area contributed by atoms with Crippen LogP contribution in [0.25, 0.3) is 71.3 Å². The lowest BCUT2D eigenvalue weighted by molar-refractivity contribution is 0.795. The number of hydrogen-bond acceptors (Lipinski definition) is 1. The molecule has 0 saturated carbocycles. The average molecular weight is 621 g/mol. The highest BCUT2D eigenvalue weighted by Crippen LogP contribution is 2.64. The summed E-state index contributed by atoms with van der Waals surface area (Å²) >= 11 is 0. The van der Waals surface area contributed by atoms with Gasteiger partial charge in [-0.3, -0.25) is 4.98 Å². The Bertz CT molecular complexity index is 2630. The summed E-state index contributed by atoms with van der Waals surface area (Å²) in [5, 5.41) is 2.54. The number of nitrogens with zero attached hydrogens (tertiary/aromatic N) is 2. The second kappa shape index (κ2) is 10.5. The molecule has 1 heterocycles. The number of benzene rings is 7. The highest BCUT2D eigenvalue weighted by atomic mass is 14.7. The van der Waals surface area contributed by atoms with Crippen LogP contribution >= 0.6 is 0 Å². The first-order chi connectivity index (χ1) is 24.3. The Kier molecular flexibility index (Phi) is 5.89. The number of aromatic nitrogens is 1. The van der Waals surface area contributed by atoms with Gasteiger partial charge in [0.15, 0.2) is 0 Å². The van der Waals surface area contributed by atoms with Gasteiger partial charge < -0.3 is 0 Å². The highest BCUT2D eigenvalue weighted by Gasteiger charge is 2.52. The van der Waals surface area contributed by atoms with E-state index in [2.05, 4.69) is 161 Å². The van der Waals surface area contributed by atoms with Gasteiger partial charge in [0.2, 0.25) is 5.69 Å².